The van der Waals surface area contributed by atoms with Crippen molar-refractivity contribution in [2.24, 2.45) is 17.3 Å². The lowest BCUT2D eigenvalue weighted by Crippen LogP contribution is -2.56. The number of carboxylic acid groups (broad SMARTS) is 1. The fraction of sp³-hybridized carbons (Fsp3) is 0.864. The minimum atomic E-state index is -4.09. The molecule has 0 aliphatic heterocycles. The lowest BCUT2D eigenvalue weighted by molar-refractivity contribution is -0.164. The Morgan fingerprint density at radius 1 is 1.13 bits per heavy atom. The summed E-state index contributed by atoms with van der Waals surface area (Å²) in [5, 5.41) is 13.1. The molecule has 2 fully saturated rings. The van der Waals surface area contributed by atoms with E-state index < -0.39 is 36.5 Å². The largest absolute Gasteiger partial charge is 0.477 e. The molecule has 0 heterocycles. The summed E-state index contributed by atoms with van der Waals surface area (Å²) in [7, 11) is 0. The lowest BCUT2D eigenvalue weighted by Gasteiger charge is -2.47. The van der Waals surface area contributed by atoms with Crippen LogP contribution in [0.1, 0.15) is 72.1 Å². The van der Waals surface area contributed by atoms with E-state index in [2.05, 4.69) is 5.32 Å². The van der Waals surface area contributed by atoms with Gasteiger partial charge in [-0.2, -0.15) is 8.78 Å². The number of hydrogen-bond acceptors (Lipinski definition) is 4. The molecule has 9 heteroatoms. The van der Waals surface area contributed by atoms with Crippen molar-refractivity contribution < 1.29 is 33.0 Å². The van der Waals surface area contributed by atoms with Crippen molar-refractivity contribution in [3.05, 3.63) is 0 Å². The smallest absolute Gasteiger partial charge is 0.376 e. The number of carboxylic acids is 1. The summed E-state index contributed by atoms with van der Waals surface area (Å²) in [6, 6.07) is -1.19. The fourth-order valence-electron chi connectivity index (χ4n) is 4.28. The Balaban J connectivity index is 1.93. The van der Waals surface area contributed by atoms with Crippen molar-refractivity contribution in [1.82, 2.24) is 10.6 Å². The number of aliphatic carboxylic acids is 1. The molecule has 2 rings (SSSR count). The number of halogens is 2. The van der Waals surface area contributed by atoms with Gasteiger partial charge in [-0.3, -0.25) is 9.59 Å². The molecule has 0 aromatic heterocycles. The average molecular weight is 447 g/mol. The monoisotopic (exact) mass is 446 g/mol. The molecule has 2 aliphatic rings. The van der Waals surface area contributed by atoms with Gasteiger partial charge in [-0.25, -0.2) is 4.79 Å². The van der Waals surface area contributed by atoms with Crippen LogP contribution in [0.5, 0.6) is 0 Å². The van der Waals surface area contributed by atoms with Crippen molar-refractivity contribution in [3.63, 3.8) is 0 Å². The molecule has 0 saturated heterocycles. The second-order valence-corrected chi connectivity index (χ2v) is 9.36. The number of carbonyl (C=O) groups excluding carboxylic acids is 2. The Hall–Kier alpha value is -1.77. The standard InChI is InChI=1S/C22H36F2N2O5/c1-4-14(2)18(27)26-17(19(28)25-13-22(23,24)20(29)30)15(3)31-12-16-6-10-21(11-7-16)8-5-9-21/h14-17H,4-13H2,1-3H3,(H,25,28)(H,26,27)(H,29,30). The van der Waals surface area contributed by atoms with Gasteiger partial charge in [-0.1, -0.05) is 20.3 Å². The molecule has 2 saturated carbocycles. The van der Waals surface area contributed by atoms with Crippen molar-refractivity contribution in [2.45, 2.75) is 90.2 Å². The summed E-state index contributed by atoms with van der Waals surface area (Å²) in [4.78, 5) is 35.5. The van der Waals surface area contributed by atoms with E-state index in [0.717, 1.165) is 12.8 Å². The van der Waals surface area contributed by atoms with Gasteiger partial charge in [0.05, 0.1) is 12.6 Å². The van der Waals surface area contributed by atoms with Crippen molar-refractivity contribution in [2.75, 3.05) is 13.2 Å². The number of hydrogen-bond donors (Lipinski definition) is 3. The van der Waals surface area contributed by atoms with Crippen LogP contribution in [0.2, 0.25) is 0 Å². The summed E-state index contributed by atoms with van der Waals surface area (Å²) in [5.41, 5.74) is 0.532. The second kappa shape index (κ2) is 10.7. The number of amides is 2. The first-order valence-corrected chi connectivity index (χ1v) is 11.3. The number of alkyl halides is 2. The highest BCUT2D eigenvalue weighted by atomic mass is 19.3. The summed E-state index contributed by atoms with van der Waals surface area (Å²) in [6.45, 7) is 4.23. The maximum Gasteiger partial charge on any atom is 0.376 e. The SMILES string of the molecule is CCC(C)C(=O)NC(C(=O)NCC(F)(F)C(=O)O)C(C)OCC1CCC2(CCC2)CC1. The van der Waals surface area contributed by atoms with Crippen LogP contribution >= 0.6 is 0 Å². The Kier molecular flexibility index (Phi) is 8.80. The summed E-state index contributed by atoms with van der Waals surface area (Å²) < 4.78 is 32.6. The van der Waals surface area contributed by atoms with Crippen molar-refractivity contribution in [1.29, 1.82) is 0 Å². The zero-order valence-corrected chi connectivity index (χ0v) is 18.7. The molecule has 1 spiro atoms. The number of nitrogens with one attached hydrogen (secondary N) is 2. The van der Waals surface area contributed by atoms with Crippen LogP contribution in [-0.4, -0.2) is 54.1 Å². The Morgan fingerprint density at radius 3 is 2.23 bits per heavy atom. The predicted octanol–water partition coefficient (Wildman–Crippen LogP) is 3.12. The molecule has 0 aromatic rings. The third-order valence-corrected chi connectivity index (χ3v) is 7.08. The van der Waals surface area contributed by atoms with Gasteiger partial charge in [0, 0.05) is 12.5 Å². The molecule has 2 aliphatic carbocycles. The van der Waals surface area contributed by atoms with Gasteiger partial charge in [-0.05, 0) is 63.2 Å². The fourth-order valence-corrected chi connectivity index (χ4v) is 4.28. The van der Waals surface area contributed by atoms with Gasteiger partial charge in [0.2, 0.25) is 11.8 Å². The van der Waals surface area contributed by atoms with E-state index in [1.807, 2.05) is 12.2 Å². The van der Waals surface area contributed by atoms with Gasteiger partial charge in [0.25, 0.3) is 0 Å². The maximum atomic E-state index is 13.4. The number of ether oxygens (including phenoxy) is 1. The van der Waals surface area contributed by atoms with Crippen molar-refractivity contribution in [3.8, 4) is 0 Å². The molecule has 3 unspecified atom stereocenters. The van der Waals surface area contributed by atoms with Crippen LogP contribution < -0.4 is 10.6 Å². The van der Waals surface area contributed by atoms with E-state index in [1.165, 1.54) is 32.1 Å². The highest BCUT2D eigenvalue weighted by molar-refractivity contribution is 5.89. The van der Waals surface area contributed by atoms with Gasteiger partial charge in [0.1, 0.15) is 6.04 Å². The molecule has 0 aromatic carbocycles. The maximum absolute atomic E-state index is 13.4. The van der Waals surface area contributed by atoms with Crippen molar-refractivity contribution >= 4 is 17.8 Å². The van der Waals surface area contributed by atoms with E-state index in [4.69, 9.17) is 9.84 Å². The molecular weight excluding hydrogens is 410 g/mol. The first kappa shape index (κ1) is 25.5. The summed E-state index contributed by atoms with van der Waals surface area (Å²) in [5.74, 6) is -7.67. The van der Waals surface area contributed by atoms with Crippen LogP contribution in [-0.2, 0) is 19.1 Å². The van der Waals surface area contributed by atoms with Gasteiger partial charge >= 0.3 is 11.9 Å². The molecule has 3 N–H and O–H groups in total. The first-order valence-electron chi connectivity index (χ1n) is 11.3. The Morgan fingerprint density at radius 2 is 1.74 bits per heavy atom. The van der Waals surface area contributed by atoms with E-state index in [-0.39, 0.29) is 11.8 Å². The average Bonchev–Trinajstić information content (AvgIpc) is 2.72. The zero-order chi connectivity index (χ0) is 23.2. The van der Waals surface area contributed by atoms with Gasteiger partial charge in [0.15, 0.2) is 0 Å². The third kappa shape index (κ3) is 6.85. The normalized spacial score (nSPS) is 21.6. The lowest BCUT2D eigenvalue weighted by atomic mass is 9.59. The topological polar surface area (TPSA) is 105 Å². The molecule has 7 nitrogen and oxygen atoms in total. The highest BCUT2D eigenvalue weighted by Crippen LogP contribution is 2.52. The van der Waals surface area contributed by atoms with Crippen LogP contribution in [0.4, 0.5) is 8.78 Å². The quantitative estimate of drug-likeness (QED) is 0.452. The molecular formula is C22H36F2N2O5. The first-order chi connectivity index (χ1) is 14.5. The van der Waals surface area contributed by atoms with E-state index in [9.17, 15) is 23.2 Å². The Bertz CT molecular complexity index is 644. The summed E-state index contributed by atoms with van der Waals surface area (Å²) >= 11 is 0. The van der Waals surface area contributed by atoms with Crippen LogP contribution in [0.3, 0.4) is 0 Å². The van der Waals surface area contributed by atoms with Crippen LogP contribution in [0.15, 0.2) is 0 Å². The molecule has 178 valence electrons. The highest BCUT2D eigenvalue weighted by Gasteiger charge is 2.41. The molecule has 31 heavy (non-hydrogen) atoms. The molecule has 3 atom stereocenters. The van der Waals surface area contributed by atoms with E-state index in [1.54, 1.807) is 13.8 Å². The van der Waals surface area contributed by atoms with E-state index in [0.29, 0.717) is 24.4 Å². The number of carbonyl (C=O) groups is 3. The second-order valence-electron chi connectivity index (χ2n) is 9.36. The minimum absolute atomic E-state index is 0.361. The minimum Gasteiger partial charge on any atom is -0.477 e. The third-order valence-electron chi connectivity index (χ3n) is 7.08. The molecule has 0 radical (unpaired) electrons. The molecule has 2 amide bonds. The summed E-state index contributed by atoms with van der Waals surface area (Å²) in [6.07, 6.45) is 8.24. The van der Waals surface area contributed by atoms with Gasteiger partial charge < -0.3 is 20.5 Å². The number of rotatable bonds is 11. The Labute approximate surface area is 182 Å². The zero-order valence-electron chi connectivity index (χ0n) is 18.7. The molecule has 0 bridgehead atoms. The predicted molar refractivity (Wildman–Crippen MR) is 111 cm³/mol. The van der Waals surface area contributed by atoms with E-state index >= 15 is 0 Å². The van der Waals surface area contributed by atoms with Crippen LogP contribution in [0.25, 0.3) is 0 Å². The van der Waals surface area contributed by atoms with Crippen LogP contribution in [0, 0.1) is 17.3 Å². The van der Waals surface area contributed by atoms with Gasteiger partial charge in [-0.15, -0.1) is 0 Å².